The van der Waals surface area contributed by atoms with Gasteiger partial charge in [-0.25, -0.2) is 9.07 Å². The summed E-state index contributed by atoms with van der Waals surface area (Å²) in [6.07, 6.45) is 1.58. The van der Waals surface area contributed by atoms with Crippen molar-refractivity contribution in [3.63, 3.8) is 0 Å². The number of nitrogens with zero attached hydrogens (tertiary/aromatic N) is 3. The van der Waals surface area contributed by atoms with E-state index in [-0.39, 0.29) is 17.1 Å². The Morgan fingerprint density at radius 3 is 2.76 bits per heavy atom. The molecule has 0 saturated heterocycles. The fourth-order valence-electron chi connectivity index (χ4n) is 2.52. The van der Waals surface area contributed by atoms with E-state index in [1.54, 1.807) is 36.2 Å². The van der Waals surface area contributed by atoms with Crippen LogP contribution in [0.1, 0.15) is 15.9 Å². The molecule has 0 spiro atoms. The number of aromatic nitrogens is 1. The zero-order chi connectivity index (χ0) is 20.8. The van der Waals surface area contributed by atoms with Gasteiger partial charge in [-0.3, -0.25) is 9.79 Å². The fourth-order valence-corrected chi connectivity index (χ4v) is 3.38. The molecule has 3 N–H and O–H groups in total. The largest absolute Gasteiger partial charge is 0.507 e. The zero-order valence-corrected chi connectivity index (χ0v) is 16.4. The summed E-state index contributed by atoms with van der Waals surface area (Å²) in [6, 6.07) is 10.5. The molecule has 0 aliphatic heterocycles. The molecule has 0 fully saturated rings. The molecule has 0 saturated carbocycles. The van der Waals surface area contributed by atoms with E-state index in [4.69, 9.17) is 10.5 Å². The van der Waals surface area contributed by atoms with Crippen molar-refractivity contribution in [2.24, 2.45) is 15.8 Å². The van der Waals surface area contributed by atoms with E-state index < -0.39 is 5.91 Å². The summed E-state index contributed by atoms with van der Waals surface area (Å²) in [7, 11) is 1.60. The van der Waals surface area contributed by atoms with Gasteiger partial charge in [0.05, 0.1) is 30.6 Å². The van der Waals surface area contributed by atoms with E-state index in [2.05, 4.69) is 10.1 Å². The average molecular weight is 414 g/mol. The second kappa shape index (κ2) is 9.26. The number of amides is 1. The lowest BCUT2D eigenvalue weighted by Gasteiger charge is -2.06. The Bertz CT molecular complexity index is 1100. The number of carbonyl (C=O) groups is 1. The summed E-state index contributed by atoms with van der Waals surface area (Å²) in [4.78, 5) is 16.7. The van der Waals surface area contributed by atoms with Gasteiger partial charge in [0, 0.05) is 18.1 Å². The first-order valence-electron chi connectivity index (χ1n) is 8.62. The summed E-state index contributed by atoms with van der Waals surface area (Å²) < 4.78 is 19.8. The van der Waals surface area contributed by atoms with Crippen molar-refractivity contribution in [1.82, 2.24) is 4.68 Å². The maximum atomic E-state index is 13.1. The minimum atomic E-state index is -0.731. The summed E-state index contributed by atoms with van der Waals surface area (Å²) in [5.41, 5.74) is 7.36. The lowest BCUT2D eigenvalue weighted by atomic mass is 10.1. The Balaban J connectivity index is 2.08. The summed E-state index contributed by atoms with van der Waals surface area (Å²) >= 11 is 1.37. The standard InChI is InChI=1S/C20H19FN4O3S/c1-28-9-8-23-20-25(24-11-13-2-5-15(21)6-3-13)17(12-29-20)14-4-7-18(26)16(10-14)19(22)27/h2-7,10-12,26H,8-9H2,1H3,(H2,22,27)/b23-20?,24-11+. The molecule has 1 heterocycles. The molecular weight excluding hydrogens is 395 g/mol. The molecule has 7 nitrogen and oxygen atoms in total. The van der Waals surface area contributed by atoms with Crippen LogP contribution in [0, 0.1) is 5.82 Å². The van der Waals surface area contributed by atoms with Crippen LogP contribution >= 0.6 is 11.3 Å². The van der Waals surface area contributed by atoms with Crippen LogP contribution in [0.15, 0.2) is 57.9 Å². The number of primary amides is 1. The number of hydrogen-bond donors (Lipinski definition) is 2. The topological polar surface area (TPSA) is 102 Å². The second-order valence-electron chi connectivity index (χ2n) is 5.98. The van der Waals surface area contributed by atoms with Crippen molar-refractivity contribution in [2.75, 3.05) is 20.3 Å². The molecule has 1 amide bonds. The van der Waals surface area contributed by atoms with Gasteiger partial charge in [0.1, 0.15) is 11.6 Å². The first kappa shape index (κ1) is 20.4. The van der Waals surface area contributed by atoms with Gasteiger partial charge in [-0.15, -0.1) is 11.3 Å². The third-order valence-corrected chi connectivity index (χ3v) is 4.83. The number of methoxy groups -OCH3 is 1. The highest BCUT2D eigenvalue weighted by molar-refractivity contribution is 7.07. The van der Waals surface area contributed by atoms with Gasteiger partial charge < -0.3 is 15.6 Å². The highest BCUT2D eigenvalue weighted by atomic mass is 32.1. The molecule has 150 valence electrons. The van der Waals surface area contributed by atoms with Crippen LogP contribution in [-0.2, 0) is 4.74 Å². The van der Waals surface area contributed by atoms with Crippen LogP contribution in [0.25, 0.3) is 11.3 Å². The monoisotopic (exact) mass is 414 g/mol. The molecule has 9 heteroatoms. The lowest BCUT2D eigenvalue weighted by Crippen LogP contribution is -2.14. The van der Waals surface area contributed by atoms with Crippen molar-refractivity contribution in [2.45, 2.75) is 0 Å². The number of ether oxygens (including phenoxy) is 1. The quantitative estimate of drug-likeness (QED) is 0.459. The Kier molecular flexibility index (Phi) is 6.53. The van der Waals surface area contributed by atoms with Gasteiger partial charge in [0.2, 0.25) is 4.80 Å². The second-order valence-corrected chi connectivity index (χ2v) is 6.82. The first-order valence-corrected chi connectivity index (χ1v) is 9.50. The van der Waals surface area contributed by atoms with Gasteiger partial charge >= 0.3 is 0 Å². The van der Waals surface area contributed by atoms with Gasteiger partial charge in [-0.2, -0.15) is 5.10 Å². The molecule has 3 rings (SSSR count). The molecule has 0 bridgehead atoms. The smallest absolute Gasteiger partial charge is 0.252 e. The Morgan fingerprint density at radius 2 is 2.07 bits per heavy atom. The highest BCUT2D eigenvalue weighted by Gasteiger charge is 2.13. The summed E-state index contributed by atoms with van der Waals surface area (Å²) in [5.74, 6) is -1.25. The normalized spacial score (nSPS) is 12.0. The van der Waals surface area contributed by atoms with E-state index >= 15 is 0 Å². The van der Waals surface area contributed by atoms with E-state index in [0.29, 0.717) is 34.8 Å². The van der Waals surface area contributed by atoms with E-state index in [1.807, 2.05) is 5.38 Å². The van der Waals surface area contributed by atoms with Crippen LogP contribution in [0.3, 0.4) is 0 Å². The molecule has 0 atom stereocenters. The fraction of sp³-hybridized carbons (Fsp3) is 0.150. The van der Waals surface area contributed by atoms with Crippen molar-refractivity contribution >= 4 is 23.5 Å². The summed E-state index contributed by atoms with van der Waals surface area (Å²) in [6.45, 7) is 0.907. The molecule has 0 aliphatic rings. The lowest BCUT2D eigenvalue weighted by molar-refractivity contribution is 0.0998. The van der Waals surface area contributed by atoms with E-state index in [1.165, 1.54) is 35.6 Å². The zero-order valence-electron chi connectivity index (χ0n) is 15.6. The van der Waals surface area contributed by atoms with Crippen LogP contribution in [0.2, 0.25) is 0 Å². The number of phenols is 1. The van der Waals surface area contributed by atoms with Crippen molar-refractivity contribution in [1.29, 1.82) is 0 Å². The van der Waals surface area contributed by atoms with Crippen molar-refractivity contribution in [3.05, 3.63) is 69.6 Å². The third kappa shape index (κ3) is 4.95. The molecule has 3 aromatic rings. The number of rotatable bonds is 7. The predicted molar refractivity (Wildman–Crippen MR) is 110 cm³/mol. The van der Waals surface area contributed by atoms with Crippen LogP contribution in [-0.4, -0.2) is 42.2 Å². The molecule has 0 unspecified atom stereocenters. The maximum absolute atomic E-state index is 13.1. The third-order valence-electron chi connectivity index (χ3n) is 3.98. The maximum Gasteiger partial charge on any atom is 0.252 e. The summed E-state index contributed by atoms with van der Waals surface area (Å²) in [5, 5.41) is 16.2. The molecule has 0 aliphatic carbocycles. The number of nitrogens with two attached hydrogens (primary N) is 1. The molecule has 1 aromatic heterocycles. The van der Waals surface area contributed by atoms with Gasteiger partial charge in [0.15, 0.2) is 0 Å². The average Bonchev–Trinajstić information content (AvgIpc) is 3.10. The number of thiazole rings is 1. The SMILES string of the molecule is COCCN=c1scc(-c2ccc(O)c(C(N)=O)c2)n1/N=C/c1ccc(F)cc1. The number of carbonyl (C=O) groups excluding carboxylic acids is 1. The van der Waals surface area contributed by atoms with Crippen molar-refractivity contribution < 1.29 is 19.0 Å². The number of aromatic hydroxyl groups is 1. The van der Waals surface area contributed by atoms with Gasteiger partial charge in [-0.05, 0) is 35.9 Å². The van der Waals surface area contributed by atoms with Crippen molar-refractivity contribution in [3.8, 4) is 17.0 Å². The minimum Gasteiger partial charge on any atom is -0.507 e. The molecule has 0 radical (unpaired) electrons. The van der Waals surface area contributed by atoms with Crippen LogP contribution in [0.5, 0.6) is 5.75 Å². The number of hydrogen-bond acceptors (Lipinski definition) is 6. The van der Waals surface area contributed by atoms with E-state index in [9.17, 15) is 14.3 Å². The number of halogens is 1. The Labute approximate surface area is 170 Å². The predicted octanol–water partition coefficient (Wildman–Crippen LogP) is 2.59. The molecular formula is C20H19FN4O3S. The number of benzene rings is 2. The molecule has 2 aromatic carbocycles. The highest BCUT2D eigenvalue weighted by Crippen LogP contribution is 2.26. The molecule has 29 heavy (non-hydrogen) atoms. The van der Waals surface area contributed by atoms with Gasteiger partial charge in [0.25, 0.3) is 5.91 Å². The minimum absolute atomic E-state index is 0.0145. The van der Waals surface area contributed by atoms with Crippen LogP contribution < -0.4 is 10.5 Å². The van der Waals surface area contributed by atoms with Crippen LogP contribution in [0.4, 0.5) is 4.39 Å². The first-order chi connectivity index (χ1) is 14.0. The van der Waals surface area contributed by atoms with E-state index in [0.717, 1.165) is 0 Å². The Morgan fingerprint density at radius 1 is 1.31 bits per heavy atom. The van der Waals surface area contributed by atoms with Gasteiger partial charge in [-0.1, -0.05) is 12.1 Å². The Hall–Kier alpha value is -3.30.